The second-order valence-electron chi connectivity index (χ2n) is 5.30. The van der Waals surface area contributed by atoms with Crippen LogP contribution in [0.5, 0.6) is 0 Å². The maximum atomic E-state index is 11.2. The number of rotatable bonds is 8. The van der Waals surface area contributed by atoms with E-state index in [-0.39, 0.29) is 12.4 Å². The summed E-state index contributed by atoms with van der Waals surface area (Å²) in [6.07, 6.45) is 7.53. The van der Waals surface area contributed by atoms with Crippen molar-refractivity contribution in [2.75, 3.05) is 11.5 Å². The third-order valence-electron chi connectivity index (χ3n) is 3.42. The van der Waals surface area contributed by atoms with E-state index in [0.29, 0.717) is 27.9 Å². The van der Waals surface area contributed by atoms with Gasteiger partial charge in [-0.15, -0.1) is 12.4 Å². The molecule has 0 bridgehead atoms. The molecular weight excluding hydrogens is 375 g/mol. The lowest BCUT2D eigenvalue weighted by Crippen LogP contribution is -2.34. The van der Waals surface area contributed by atoms with Crippen LogP contribution in [0.4, 0.5) is 0 Å². The molecule has 7 heteroatoms. The van der Waals surface area contributed by atoms with Crippen molar-refractivity contribution in [2.24, 2.45) is 0 Å². The van der Waals surface area contributed by atoms with Crippen molar-refractivity contribution in [3.05, 3.63) is 52.5 Å². The lowest BCUT2D eigenvalue weighted by Gasteiger charge is -2.30. The molecule has 1 aromatic carbocycles. The van der Waals surface area contributed by atoms with E-state index in [2.05, 4.69) is 11.9 Å². The maximum absolute atomic E-state index is 11.2. The summed E-state index contributed by atoms with van der Waals surface area (Å²) in [5.74, 6) is 1.60. The zero-order chi connectivity index (χ0) is 16.0. The summed E-state index contributed by atoms with van der Waals surface area (Å²) in [5.41, 5.74) is -0.350. The number of unbranched alkanes of at least 4 members (excludes halogenated alkanes) is 1. The number of aromatic nitrogens is 2. The first kappa shape index (κ1) is 20.7. The standard InChI is InChI=1S/C16H20Cl2N2OS.ClH/c1-2-3-8-22-11-16(21,10-20-7-6-19-12-20)14-5-4-13(17)9-15(14)18;/h4-7,9,12,21H,2-3,8,10-11H2,1H3;1H. The van der Waals surface area contributed by atoms with Crippen molar-refractivity contribution < 1.29 is 5.11 Å². The average molecular weight is 396 g/mol. The number of nitrogens with zero attached hydrogens (tertiary/aromatic N) is 2. The van der Waals surface area contributed by atoms with Crippen molar-refractivity contribution in [3.8, 4) is 0 Å². The van der Waals surface area contributed by atoms with Crippen LogP contribution in [0.25, 0.3) is 0 Å². The van der Waals surface area contributed by atoms with Crippen LogP contribution in [0, 0.1) is 0 Å². The molecule has 128 valence electrons. The first-order valence-corrected chi connectivity index (χ1v) is 9.17. The van der Waals surface area contributed by atoms with Gasteiger partial charge < -0.3 is 9.67 Å². The van der Waals surface area contributed by atoms with Crippen LogP contribution in [0.1, 0.15) is 25.3 Å². The highest BCUT2D eigenvalue weighted by molar-refractivity contribution is 7.99. The third-order valence-corrected chi connectivity index (χ3v) is 5.23. The van der Waals surface area contributed by atoms with Gasteiger partial charge in [-0.05, 0) is 24.3 Å². The van der Waals surface area contributed by atoms with Crippen molar-refractivity contribution >= 4 is 47.4 Å². The number of hydrogen-bond donors (Lipinski definition) is 1. The Morgan fingerprint density at radius 1 is 1.35 bits per heavy atom. The number of thioether (sulfide) groups is 1. The van der Waals surface area contributed by atoms with Crippen molar-refractivity contribution in [1.82, 2.24) is 9.55 Å². The number of hydrogen-bond acceptors (Lipinski definition) is 3. The summed E-state index contributed by atoms with van der Waals surface area (Å²) < 4.78 is 1.87. The van der Waals surface area contributed by atoms with Gasteiger partial charge in [-0.1, -0.05) is 42.6 Å². The van der Waals surface area contributed by atoms with Gasteiger partial charge in [-0.25, -0.2) is 4.98 Å². The van der Waals surface area contributed by atoms with Crippen LogP contribution < -0.4 is 0 Å². The summed E-state index contributed by atoms with van der Waals surface area (Å²) in [6, 6.07) is 5.24. The Morgan fingerprint density at radius 2 is 2.13 bits per heavy atom. The molecule has 1 unspecified atom stereocenters. The first-order valence-electron chi connectivity index (χ1n) is 7.26. The second kappa shape index (κ2) is 9.80. The third kappa shape index (κ3) is 5.87. The molecule has 23 heavy (non-hydrogen) atoms. The summed E-state index contributed by atoms with van der Waals surface area (Å²) in [4.78, 5) is 4.04. The smallest absolute Gasteiger partial charge is 0.118 e. The zero-order valence-corrected chi connectivity index (χ0v) is 16.1. The topological polar surface area (TPSA) is 38.0 Å². The molecule has 2 aromatic rings. The summed E-state index contributed by atoms with van der Waals surface area (Å²) >= 11 is 14.0. The molecular formula is C16H21Cl3N2OS. The highest BCUT2D eigenvalue weighted by Gasteiger charge is 2.32. The highest BCUT2D eigenvalue weighted by Crippen LogP contribution is 2.34. The minimum absolute atomic E-state index is 0. The Balaban J connectivity index is 0.00000264. The SMILES string of the molecule is CCCCSCC(O)(Cn1ccnc1)c1ccc(Cl)cc1Cl.Cl. The molecule has 0 radical (unpaired) electrons. The molecule has 0 aliphatic carbocycles. The van der Waals surface area contributed by atoms with E-state index >= 15 is 0 Å². The molecule has 1 atom stereocenters. The molecule has 0 fully saturated rings. The van der Waals surface area contributed by atoms with E-state index in [9.17, 15) is 5.11 Å². The van der Waals surface area contributed by atoms with Crippen molar-refractivity contribution in [1.29, 1.82) is 0 Å². The quantitative estimate of drug-likeness (QED) is 0.637. The molecule has 0 spiro atoms. The van der Waals surface area contributed by atoms with E-state index in [4.69, 9.17) is 23.2 Å². The average Bonchev–Trinajstić information content (AvgIpc) is 2.96. The predicted molar refractivity (Wildman–Crippen MR) is 102 cm³/mol. The van der Waals surface area contributed by atoms with E-state index in [0.717, 1.165) is 18.6 Å². The Hall–Kier alpha value is -0.390. The van der Waals surface area contributed by atoms with Crippen LogP contribution >= 0.6 is 47.4 Å². The largest absolute Gasteiger partial charge is 0.382 e. The van der Waals surface area contributed by atoms with E-state index in [1.54, 1.807) is 36.4 Å². The Kier molecular flexibility index (Phi) is 8.80. The van der Waals surface area contributed by atoms with Gasteiger partial charge in [0.2, 0.25) is 0 Å². The van der Waals surface area contributed by atoms with Gasteiger partial charge in [-0.3, -0.25) is 0 Å². The van der Waals surface area contributed by atoms with Crippen LogP contribution in [-0.4, -0.2) is 26.2 Å². The fraction of sp³-hybridized carbons (Fsp3) is 0.438. The van der Waals surface area contributed by atoms with Gasteiger partial charge in [-0.2, -0.15) is 11.8 Å². The van der Waals surface area contributed by atoms with E-state index in [1.165, 1.54) is 0 Å². The van der Waals surface area contributed by atoms with Crippen LogP contribution in [0.15, 0.2) is 36.9 Å². The van der Waals surface area contributed by atoms with Gasteiger partial charge in [0.15, 0.2) is 0 Å². The van der Waals surface area contributed by atoms with Gasteiger partial charge in [0.1, 0.15) is 5.60 Å². The Morgan fingerprint density at radius 3 is 2.74 bits per heavy atom. The molecule has 3 nitrogen and oxygen atoms in total. The van der Waals surface area contributed by atoms with Gasteiger partial charge >= 0.3 is 0 Å². The molecule has 0 aliphatic heterocycles. The van der Waals surface area contributed by atoms with Crippen LogP contribution in [-0.2, 0) is 12.1 Å². The molecule has 0 amide bonds. The predicted octanol–water partition coefficient (Wildman–Crippen LogP) is 5.03. The van der Waals surface area contributed by atoms with E-state index < -0.39 is 5.60 Å². The Bertz CT molecular complexity index is 595. The molecule has 1 N–H and O–H groups in total. The number of halogens is 3. The normalized spacial score (nSPS) is 13.4. The maximum Gasteiger partial charge on any atom is 0.118 e. The molecule has 0 saturated heterocycles. The molecule has 1 heterocycles. The Labute approximate surface area is 157 Å². The number of imidazole rings is 1. The molecule has 1 aromatic heterocycles. The summed E-state index contributed by atoms with van der Waals surface area (Å²) in [6.45, 7) is 2.57. The van der Waals surface area contributed by atoms with Crippen molar-refractivity contribution in [3.63, 3.8) is 0 Å². The van der Waals surface area contributed by atoms with E-state index in [1.807, 2.05) is 16.8 Å². The van der Waals surface area contributed by atoms with Crippen LogP contribution in [0.2, 0.25) is 10.0 Å². The molecule has 2 rings (SSSR count). The van der Waals surface area contributed by atoms with Crippen molar-refractivity contribution in [2.45, 2.75) is 31.9 Å². The summed E-state index contributed by atoms with van der Waals surface area (Å²) in [5, 5.41) is 12.3. The molecule has 0 saturated carbocycles. The fourth-order valence-corrected chi connectivity index (χ4v) is 4.05. The van der Waals surface area contributed by atoms with Crippen LogP contribution in [0.3, 0.4) is 0 Å². The lowest BCUT2D eigenvalue weighted by molar-refractivity contribution is 0.0435. The fourth-order valence-electron chi connectivity index (χ4n) is 2.25. The van der Waals surface area contributed by atoms with Gasteiger partial charge in [0.25, 0.3) is 0 Å². The number of aliphatic hydroxyl groups is 1. The minimum atomic E-state index is -1.05. The summed E-state index contributed by atoms with van der Waals surface area (Å²) in [7, 11) is 0. The molecule has 0 aliphatic rings. The van der Waals surface area contributed by atoms with Gasteiger partial charge in [0.05, 0.1) is 12.9 Å². The monoisotopic (exact) mass is 394 g/mol. The lowest BCUT2D eigenvalue weighted by atomic mass is 9.95. The first-order chi connectivity index (χ1) is 10.5. The number of benzene rings is 1. The minimum Gasteiger partial charge on any atom is -0.382 e. The highest BCUT2D eigenvalue weighted by atomic mass is 35.5. The van der Waals surface area contributed by atoms with Gasteiger partial charge in [0, 0.05) is 33.8 Å². The zero-order valence-electron chi connectivity index (χ0n) is 12.9. The second-order valence-corrected chi connectivity index (χ2v) is 7.25.